The molecule has 0 aliphatic heterocycles. The lowest BCUT2D eigenvalue weighted by Gasteiger charge is -2.12. The van der Waals surface area contributed by atoms with Crippen LogP contribution in [-0.4, -0.2) is 21.3 Å². The molecule has 0 spiro atoms. The lowest BCUT2D eigenvalue weighted by Crippen LogP contribution is -2.26. The van der Waals surface area contributed by atoms with E-state index in [0.29, 0.717) is 6.42 Å². The van der Waals surface area contributed by atoms with E-state index in [1.54, 1.807) is 0 Å². The van der Waals surface area contributed by atoms with Crippen molar-refractivity contribution in [2.45, 2.75) is 77.1 Å². The molecule has 0 aromatic carbocycles. The van der Waals surface area contributed by atoms with Crippen molar-refractivity contribution in [2.24, 2.45) is 0 Å². The minimum Gasteiger partial charge on any atom is -0.344 e. The Morgan fingerprint density at radius 3 is 1.47 bits per heavy atom. The first kappa shape index (κ1) is 14.9. The summed E-state index contributed by atoms with van der Waals surface area (Å²) < 4.78 is 0. The predicted molar refractivity (Wildman–Crippen MR) is 61.2 cm³/mol. The van der Waals surface area contributed by atoms with Crippen LogP contribution in [0.25, 0.3) is 0 Å². The zero-order chi connectivity index (χ0) is 11.6. The van der Waals surface area contributed by atoms with E-state index in [0.717, 1.165) is 12.8 Å². The molecule has 0 saturated carbocycles. The molecule has 0 rings (SSSR count). The fourth-order valence-corrected chi connectivity index (χ4v) is 1.67. The average Bonchev–Trinajstić information content (AvgIpc) is 2.14. The summed E-state index contributed by atoms with van der Waals surface area (Å²) in [5, 5.41) is 25.9. The van der Waals surface area contributed by atoms with Crippen LogP contribution in [0.15, 0.2) is 0 Å². The van der Waals surface area contributed by atoms with Crippen molar-refractivity contribution in [1.82, 2.24) is 0 Å². The van der Waals surface area contributed by atoms with Gasteiger partial charge in [0, 0.05) is 6.42 Å². The van der Waals surface area contributed by atoms with Gasteiger partial charge in [0.2, 0.25) is 0 Å². The van der Waals surface area contributed by atoms with Gasteiger partial charge in [-0.25, -0.2) is 0 Å². The SMILES string of the molecule is CCCCCCCCCCCC(O)(O)O. The predicted octanol–water partition coefficient (Wildman–Crippen LogP) is 2.54. The molecule has 0 fully saturated rings. The molecule has 0 aliphatic rings. The summed E-state index contributed by atoms with van der Waals surface area (Å²) in [6, 6.07) is 0. The Labute approximate surface area is 93.1 Å². The molecule has 92 valence electrons. The number of hydrogen-bond acceptors (Lipinski definition) is 3. The fourth-order valence-electron chi connectivity index (χ4n) is 1.67. The zero-order valence-electron chi connectivity index (χ0n) is 9.91. The van der Waals surface area contributed by atoms with Gasteiger partial charge in [-0.1, -0.05) is 58.3 Å². The number of aliphatic hydroxyl groups is 3. The summed E-state index contributed by atoms with van der Waals surface area (Å²) in [4.78, 5) is 0. The highest BCUT2D eigenvalue weighted by Gasteiger charge is 2.16. The number of unbranched alkanes of at least 4 members (excludes halogenated alkanes) is 8. The van der Waals surface area contributed by atoms with Crippen LogP contribution >= 0.6 is 0 Å². The molecule has 15 heavy (non-hydrogen) atoms. The van der Waals surface area contributed by atoms with Crippen LogP contribution in [0.3, 0.4) is 0 Å². The van der Waals surface area contributed by atoms with Crippen molar-refractivity contribution >= 4 is 0 Å². The van der Waals surface area contributed by atoms with E-state index in [-0.39, 0.29) is 6.42 Å². The summed E-state index contributed by atoms with van der Waals surface area (Å²) in [6.45, 7) is 2.21. The Balaban J connectivity index is 2.99. The monoisotopic (exact) mass is 218 g/mol. The molecule has 0 heterocycles. The molecule has 0 amide bonds. The minimum atomic E-state index is -2.46. The fraction of sp³-hybridized carbons (Fsp3) is 1.00. The van der Waals surface area contributed by atoms with Crippen LogP contribution in [0.2, 0.25) is 0 Å². The molecule has 0 aromatic heterocycles. The van der Waals surface area contributed by atoms with Gasteiger partial charge in [0.05, 0.1) is 0 Å². The normalized spacial score (nSPS) is 12.0. The Hall–Kier alpha value is -0.120. The maximum Gasteiger partial charge on any atom is 0.275 e. The summed E-state index contributed by atoms with van der Waals surface area (Å²) in [6.07, 6.45) is 10.6. The molecule has 0 bridgehead atoms. The molecule has 3 N–H and O–H groups in total. The third-order valence-electron chi connectivity index (χ3n) is 2.62. The zero-order valence-corrected chi connectivity index (χ0v) is 9.91. The van der Waals surface area contributed by atoms with Crippen LogP contribution in [0.5, 0.6) is 0 Å². The summed E-state index contributed by atoms with van der Waals surface area (Å²) >= 11 is 0. The third kappa shape index (κ3) is 13.9. The van der Waals surface area contributed by atoms with Crippen molar-refractivity contribution < 1.29 is 15.3 Å². The second-order valence-electron chi connectivity index (χ2n) is 4.35. The van der Waals surface area contributed by atoms with Crippen molar-refractivity contribution in [2.75, 3.05) is 0 Å². The summed E-state index contributed by atoms with van der Waals surface area (Å²) in [7, 11) is 0. The van der Waals surface area contributed by atoms with E-state index in [1.807, 2.05) is 0 Å². The first-order valence-corrected chi connectivity index (χ1v) is 6.23. The average molecular weight is 218 g/mol. The van der Waals surface area contributed by atoms with Crippen LogP contribution in [0.1, 0.15) is 71.1 Å². The second-order valence-corrected chi connectivity index (χ2v) is 4.35. The van der Waals surface area contributed by atoms with E-state index in [4.69, 9.17) is 15.3 Å². The van der Waals surface area contributed by atoms with Gasteiger partial charge in [-0.2, -0.15) is 0 Å². The van der Waals surface area contributed by atoms with Gasteiger partial charge in [0.15, 0.2) is 0 Å². The molecule has 0 aromatic rings. The summed E-state index contributed by atoms with van der Waals surface area (Å²) in [5.41, 5.74) is 0. The number of hydrogen-bond donors (Lipinski definition) is 3. The minimum absolute atomic E-state index is 0.0584. The lowest BCUT2D eigenvalue weighted by molar-refractivity contribution is -0.315. The van der Waals surface area contributed by atoms with Gasteiger partial charge in [0.1, 0.15) is 0 Å². The van der Waals surface area contributed by atoms with Gasteiger partial charge < -0.3 is 15.3 Å². The molecular weight excluding hydrogens is 192 g/mol. The molecular formula is C12H26O3. The van der Waals surface area contributed by atoms with E-state index in [2.05, 4.69) is 6.92 Å². The van der Waals surface area contributed by atoms with Crippen LogP contribution in [-0.2, 0) is 0 Å². The Kier molecular flexibility index (Phi) is 9.06. The molecule has 0 unspecified atom stereocenters. The van der Waals surface area contributed by atoms with Crippen molar-refractivity contribution in [3.63, 3.8) is 0 Å². The van der Waals surface area contributed by atoms with Crippen molar-refractivity contribution in [3.05, 3.63) is 0 Å². The maximum atomic E-state index is 8.63. The van der Waals surface area contributed by atoms with E-state index >= 15 is 0 Å². The highest BCUT2D eigenvalue weighted by molar-refractivity contribution is 4.50. The first-order valence-electron chi connectivity index (χ1n) is 6.23. The van der Waals surface area contributed by atoms with Gasteiger partial charge in [-0.15, -0.1) is 0 Å². The van der Waals surface area contributed by atoms with Gasteiger partial charge in [-0.3, -0.25) is 0 Å². The van der Waals surface area contributed by atoms with Gasteiger partial charge >= 0.3 is 0 Å². The second kappa shape index (κ2) is 9.13. The largest absolute Gasteiger partial charge is 0.344 e. The van der Waals surface area contributed by atoms with E-state index < -0.39 is 5.97 Å². The molecule has 3 heteroatoms. The number of rotatable bonds is 10. The van der Waals surface area contributed by atoms with Crippen LogP contribution < -0.4 is 0 Å². The van der Waals surface area contributed by atoms with Crippen molar-refractivity contribution in [3.8, 4) is 0 Å². The Bertz CT molecular complexity index is 129. The molecule has 3 nitrogen and oxygen atoms in total. The van der Waals surface area contributed by atoms with Crippen molar-refractivity contribution in [1.29, 1.82) is 0 Å². The smallest absolute Gasteiger partial charge is 0.275 e. The van der Waals surface area contributed by atoms with E-state index in [9.17, 15) is 0 Å². The molecule has 0 radical (unpaired) electrons. The standard InChI is InChI=1S/C12H26O3/c1-2-3-4-5-6-7-8-9-10-11-12(13,14)15/h13-15H,2-11H2,1H3. The van der Waals surface area contributed by atoms with Gasteiger partial charge in [-0.05, 0) is 6.42 Å². The first-order chi connectivity index (χ1) is 7.06. The maximum absolute atomic E-state index is 8.63. The topological polar surface area (TPSA) is 60.7 Å². The third-order valence-corrected chi connectivity index (χ3v) is 2.62. The Morgan fingerprint density at radius 2 is 1.07 bits per heavy atom. The van der Waals surface area contributed by atoms with Crippen LogP contribution in [0.4, 0.5) is 0 Å². The van der Waals surface area contributed by atoms with Gasteiger partial charge in [0.25, 0.3) is 5.97 Å². The molecule has 0 aliphatic carbocycles. The summed E-state index contributed by atoms with van der Waals surface area (Å²) in [5.74, 6) is -2.46. The quantitative estimate of drug-likeness (QED) is 0.390. The Morgan fingerprint density at radius 1 is 0.667 bits per heavy atom. The highest BCUT2D eigenvalue weighted by atomic mass is 16.7. The lowest BCUT2D eigenvalue weighted by atomic mass is 10.1. The molecule has 0 atom stereocenters. The molecule has 0 saturated heterocycles. The highest BCUT2D eigenvalue weighted by Crippen LogP contribution is 2.12. The van der Waals surface area contributed by atoms with E-state index in [1.165, 1.54) is 38.5 Å². The van der Waals surface area contributed by atoms with Crippen LogP contribution in [0, 0.1) is 0 Å².